The zero-order valence-electron chi connectivity index (χ0n) is 28.8. The van der Waals surface area contributed by atoms with Crippen LogP contribution >= 0.6 is 0 Å². The summed E-state index contributed by atoms with van der Waals surface area (Å²) in [6, 6.07) is 0. The zero-order valence-corrected chi connectivity index (χ0v) is 28.8. The molecule has 0 radical (unpaired) electrons. The Bertz CT molecular complexity index is 1140. The fourth-order valence-electron chi connectivity index (χ4n) is 3.77. The smallest absolute Gasteiger partial charge is 0.407 e. The van der Waals surface area contributed by atoms with E-state index in [1.165, 1.54) is 0 Å². The van der Waals surface area contributed by atoms with Crippen molar-refractivity contribution in [3.63, 3.8) is 0 Å². The second kappa shape index (κ2) is 26.4. The molecule has 0 aliphatic carbocycles. The van der Waals surface area contributed by atoms with Gasteiger partial charge in [0.1, 0.15) is 51.7 Å². The van der Waals surface area contributed by atoms with Crippen molar-refractivity contribution in [3.05, 3.63) is 75.9 Å². The molecule has 0 aliphatic heterocycles. The number of amides is 1. The minimum atomic E-state index is -1.45. The Morgan fingerprint density at radius 2 is 0.706 bits per heavy atom. The number of rotatable bonds is 29. The Labute approximate surface area is 297 Å². The quantitative estimate of drug-likeness (QED) is 0.0491. The number of alkyl carbamates (subject to hydrolysis) is 1. The van der Waals surface area contributed by atoms with Gasteiger partial charge >= 0.3 is 41.9 Å². The average molecular weight is 721 g/mol. The van der Waals surface area contributed by atoms with Crippen LogP contribution in [0, 0.1) is 10.8 Å². The van der Waals surface area contributed by atoms with Crippen LogP contribution in [0.25, 0.3) is 0 Å². The second-order valence-corrected chi connectivity index (χ2v) is 11.0. The largest absolute Gasteiger partial charge is 0.462 e. The van der Waals surface area contributed by atoms with E-state index in [9.17, 15) is 33.6 Å². The predicted octanol–water partition coefficient (Wildman–Crippen LogP) is 2.21. The van der Waals surface area contributed by atoms with E-state index in [4.69, 9.17) is 33.2 Å². The number of nitrogens with one attached hydrogen (secondary N) is 2. The van der Waals surface area contributed by atoms with Gasteiger partial charge in [0.15, 0.2) is 0 Å². The van der Waals surface area contributed by atoms with Gasteiger partial charge in [-0.2, -0.15) is 0 Å². The number of ether oxygens (including phenoxy) is 7. The molecule has 0 heterocycles. The van der Waals surface area contributed by atoms with Crippen LogP contribution in [0.5, 0.6) is 0 Å². The molecule has 0 bridgehead atoms. The van der Waals surface area contributed by atoms with E-state index in [0.717, 1.165) is 42.9 Å². The van der Waals surface area contributed by atoms with Crippen LogP contribution in [0.1, 0.15) is 25.7 Å². The van der Waals surface area contributed by atoms with E-state index in [-0.39, 0.29) is 32.9 Å². The number of hydrogen-bond acceptors (Lipinski definition) is 15. The summed E-state index contributed by atoms with van der Waals surface area (Å²) < 4.78 is 36.2. The van der Waals surface area contributed by atoms with Crippen LogP contribution in [0.15, 0.2) is 75.9 Å². The van der Waals surface area contributed by atoms with Crippen LogP contribution in [0.4, 0.5) is 4.79 Å². The highest BCUT2D eigenvalue weighted by Crippen LogP contribution is 2.22. The van der Waals surface area contributed by atoms with Crippen molar-refractivity contribution in [3.8, 4) is 0 Å². The molecule has 1 amide bonds. The van der Waals surface area contributed by atoms with E-state index in [1.807, 2.05) is 0 Å². The van der Waals surface area contributed by atoms with E-state index in [2.05, 4.69) is 50.1 Å². The first-order chi connectivity index (χ1) is 24.3. The molecule has 16 nitrogen and oxygen atoms in total. The zero-order chi connectivity index (χ0) is 38.5. The van der Waals surface area contributed by atoms with Gasteiger partial charge in [-0.1, -0.05) is 52.3 Å². The van der Waals surface area contributed by atoms with Gasteiger partial charge in [-0.15, -0.1) is 0 Å². The molecule has 0 rings (SSSR count). The van der Waals surface area contributed by atoms with Crippen molar-refractivity contribution in [1.29, 1.82) is 0 Å². The normalized spacial score (nSPS) is 10.6. The van der Waals surface area contributed by atoms with Gasteiger partial charge in [-0.3, -0.25) is 0 Å². The number of esters is 6. The van der Waals surface area contributed by atoms with E-state index >= 15 is 0 Å². The molecule has 0 fully saturated rings. The molecular formula is C35H48N2O14. The van der Waals surface area contributed by atoms with E-state index in [0.29, 0.717) is 25.8 Å². The van der Waals surface area contributed by atoms with Gasteiger partial charge in [0, 0.05) is 49.5 Å². The molecule has 0 spiro atoms. The van der Waals surface area contributed by atoms with Crippen molar-refractivity contribution in [2.75, 3.05) is 65.9 Å². The van der Waals surface area contributed by atoms with E-state index in [1.54, 1.807) is 0 Å². The Kier molecular flexibility index (Phi) is 23.5. The molecular weight excluding hydrogens is 672 g/mol. The maximum absolute atomic E-state index is 12.5. The lowest BCUT2D eigenvalue weighted by Crippen LogP contribution is -2.47. The summed E-state index contributed by atoms with van der Waals surface area (Å²) in [4.78, 5) is 82.9. The lowest BCUT2D eigenvalue weighted by molar-refractivity contribution is -0.160. The van der Waals surface area contributed by atoms with Crippen LogP contribution < -0.4 is 10.6 Å². The topological polar surface area (TPSA) is 208 Å². The summed E-state index contributed by atoms with van der Waals surface area (Å²) in [5, 5.41) is 5.80. The highest BCUT2D eigenvalue weighted by Gasteiger charge is 2.38. The van der Waals surface area contributed by atoms with Crippen LogP contribution in [0.3, 0.4) is 0 Å². The third-order valence-electron chi connectivity index (χ3n) is 6.68. The number of unbranched alkanes of at least 4 members (excludes halogenated alkanes) is 3. The van der Waals surface area contributed by atoms with Crippen molar-refractivity contribution >= 4 is 41.9 Å². The monoisotopic (exact) mass is 720 g/mol. The fourth-order valence-corrected chi connectivity index (χ4v) is 3.77. The Hall–Kier alpha value is -5.51. The highest BCUT2D eigenvalue weighted by atomic mass is 16.6. The first-order valence-corrected chi connectivity index (χ1v) is 15.7. The molecule has 0 aliphatic rings. The Balaban J connectivity index is 5.03. The first kappa shape index (κ1) is 45.5. The van der Waals surface area contributed by atoms with Crippen molar-refractivity contribution in [1.82, 2.24) is 10.6 Å². The van der Waals surface area contributed by atoms with Gasteiger partial charge in [-0.25, -0.2) is 33.6 Å². The Morgan fingerprint density at radius 1 is 0.412 bits per heavy atom. The third-order valence-corrected chi connectivity index (χ3v) is 6.68. The lowest BCUT2D eigenvalue weighted by atomic mass is 9.90. The van der Waals surface area contributed by atoms with Gasteiger partial charge in [-0.05, 0) is 19.4 Å². The Morgan fingerprint density at radius 3 is 1.04 bits per heavy atom. The molecule has 16 heteroatoms. The lowest BCUT2D eigenvalue weighted by Gasteiger charge is -2.32. The molecule has 0 atom stereocenters. The number of carbonyl (C=O) groups is 7. The summed E-state index contributed by atoms with van der Waals surface area (Å²) in [5.74, 6) is -4.54. The molecule has 282 valence electrons. The van der Waals surface area contributed by atoms with Gasteiger partial charge in [0.2, 0.25) is 0 Å². The molecule has 0 saturated carbocycles. The highest BCUT2D eigenvalue weighted by molar-refractivity contribution is 5.83. The maximum Gasteiger partial charge on any atom is 0.407 e. The first-order valence-electron chi connectivity index (χ1n) is 15.7. The SMILES string of the molecule is C=CC(=O)OCC(CNCCCCCCNC(=O)OCC(COC(=O)C=C)(COC(=O)C=C)COC(=O)C=C)(COC(=O)C=C)COC(=O)C=C. The molecule has 2 N–H and O–H groups in total. The molecule has 0 aromatic carbocycles. The summed E-state index contributed by atoms with van der Waals surface area (Å²) in [6.45, 7) is 18.3. The maximum atomic E-state index is 12.5. The third kappa shape index (κ3) is 21.2. The van der Waals surface area contributed by atoms with Crippen LogP contribution in [-0.4, -0.2) is 108 Å². The second-order valence-electron chi connectivity index (χ2n) is 11.0. The molecule has 0 unspecified atom stereocenters. The molecule has 51 heavy (non-hydrogen) atoms. The van der Waals surface area contributed by atoms with E-state index < -0.39 is 79.2 Å². The summed E-state index contributed by atoms with van der Waals surface area (Å²) in [5.41, 5.74) is -2.57. The van der Waals surface area contributed by atoms with Crippen molar-refractivity contribution in [2.45, 2.75) is 25.7 Å². The average Bonchev–Trinajstić information content (AvgIpc) is 3.15. The number of hydrogen-bond donors (Lipinski definition) is 2. The van der Waals surface area contributed by atoms with Crippen LogP contribution in [0.2, 0.25) is 0 Å². The minimum absolute atomic E-state index is 0.146. The molecule has 0 aromatic heterocycles. The summed E-state index contributed by atoms with van der Waals surface area (Å²) in [6.07, 6.45) is 7.58. The van der Waals surface area contributed by atoms with Crippen molar-refractivity contribution in [2.24, 2.45) is 10.8 Å². The molecule has 0 saturated heterocycles. The minimum Gasteiger partial charge on any atom is -0.462 e. The summed E-state index contributed by atoms with van der Waals surface area (Å²) in [7, 11) is 0. The fraction of sp³-hybridized carbons (Fsp3) is 0.457. The van der Waals surface area contributed by atoms with Crippen molar-refractivity contribution < 1.29 is 66.7 Å². The van der Waals surface area contributed by atoms with Gasteiger partial charge < -0.3 is 43.8 Å². The van der Waals surface area contributed by atoms with Crippen LogP contribution in [-0.2, 0) is 61.9 Å². The van der Waals surface area contributed by atoms with Gasteiger partial charge in [0.05, 0.1) is 5.41 Å². The predicted molar refractivity (Wildman–Crippen MR) is 182 cm³/mol. The van der Waals surface area contributed by atoms with Gasteiger partial charge in [0.25, 0.3) is 0 Å². The standard InChI is InChI=1S/C35H48N2O14/c1-7-27(38)45-20-34(21-46-28(39)8-2,22-47-29(40)9-3)19-36-17-15-13-14-16-18-37-33(44)51-26-35(23-48-30(41)10-4,24-49-31(42)11-5)25-50-32(43)12-6/h7-12,36H,1-6,13-26H2,(H,37,44). The summed E-state index contributed by atoms with van der Waals surface area (Å²) >= 11 is 0. The number of carbonyl (C=O) groups excluding carboxylic acids is 7. The molecule has 0 aromatic rings.